The molecule has 0 fully saturated rings. The SMILES string of the molecule is CCN(CC)CC(C)C(O)Sc1ccccc1.c1cc2ccc1=2. The fourth-order valence-corrected chi connectivity index (χ4v) is 3.31. The Bertz CT molecular complexity index is 619. The van der Waals surface area contributed by atoms with Crippen molar-refractivity contribution in [3.05, 3.63) is 65.0 Å². The van der Waals surface area contributed by atoms with Crippen LogP contribution in [0, 0.1) is 16.4 Å². The summed E-state index contributed by atoms with van der Waals surface area (Å²) in [4.78, 5) is 3.48. The van der Waals surface area contributed by atoms with Crippen molar-refractivity contribution in [2.24, 2.45) is 5.92 Å². The van der Waals surface area contributed by atoms with Crippen LogP contribution in [0.3, 0.4) is 0 Å². The lowest BCUT2D eigenvalue weighted by Crippen LogP contribution is -2.32. The molecule has 0 amide bonds. The highest BCUT2D eigenvalue weighted by Crippen LogP contribution is 2.26. The van der Waals surface area contributed by atoms with Gasteiger partial charge in [-0.15, -0.1) is 0 Å². The Morgan fingerprint density at radius 2 is 1.43 bits per heavy atom. The molecule has 1 aromatic rings. The van der Waals surface area contributed by atoms with Crippen molar-refractivity contribution in [1.29, 1.82) is 0 Å². The van der Waals surface area contributed by atoms with Crippen molar-refractivity contribution < 1.29 is 5.11 Å². The molecular formula is C20H27NOS. The van der Waals surface area contributed by atoms with Gasteiger partial charge in [0.25, 0.3) is 0 Å². The van der Waals surface area contributed by atoms with Gasteiger partial charge in [0.15, 0.2) is 0 Å². The average Bonchev–Trinajstić information content (AvgIpc) is 2.57. The van der Waals surface area contributed by atoms with Gasteiger partial charge in [0.1, 0.15) is 5.44 Å². The summed E-state index contributed by atoms with van der Waals surface area (Å²) < 4.78 is 0. The van der Waals surface area contributed by atoms with E-state index in [1.165, 1.54) is 10.4 Å². The lowest BCUT2D eigenvalue weighted by atomic mass is 10.1. The van der Waals surface area contributed by atoms with Crippen LogP contribution in [0.5, 0.6) is 0 Å². The molecule has 0 radical (unpaired) electrons. The maximum Gasteiger partial charge on any atom is 0.108 e. The zero-order chi connectivity index (χ0) is 16.7. The number of nitrogens with zero attached hydrogens (tertiary/aromatic N) is 1. The van der Waals surface area contributed by atoms with Gasteiger partial charge in [-0.3, -0.25) is 0 Å². The zero-order valence-corrected chi connectivity index (χ0v) is 15.1. The first-order valence-corrected chi connectivity index (χ1v) is 9.24. The van der Waals surface area contributed by atoms with Crippen molar-refractivity contribution in [3.8, 4) is 0 Å². The van der Waals surface area contributed by atoms with Crippen LogP contribution in [0.25, 0.3) is 0 Å². The fraction of sp³-hybridized carbons (Fsp3) is 0.400. The quantitative estimate of drug-likeness (QED) is 0.514. The van der Waals surface area contributed by atoms with Gasteiger partial charge in [-0.2, -0.15) is 0 Å². The first-order valence-electron chi connectivity index (χ1n) is 8.36. The number of hydrogen-bond acceptors (Lipinski definition) is 3. The fourth-order valence-electron chi connectivity index (χ4n) is 2.40. The van der Waals surface area contributed by atoms with Crippen LogP contribution in [-0.4, -0.2) is 35.1 Å². The first kappa shape index (κ1) is 18.1. The number of rotatable bonds is 7. The second-order valence-corrected chi connectivity index (χ2v) is 7.05. The molecular weight excluding hydrogens is 302 g/mol. The molecule has 2 aliphatic carbocycles. The molecule has 0 saturated heterocycles. The number of benzene rings is 2. The number of thioether (sulfide) groups is 1. The standard InChI is InChI=1S/C14H23NOS.C6H4/c1-4-15(5-2)11-12(3)14(16)17-13-9-7-6-8-10-13;1-2-6-4-3-5(1)6/h6-10,12,14,16H,4-5,11H2,1-3H3;1-4H. The number of hydrogen-bond donors (Lipinski definition) is 1. The molecule has 2 unspecified atom stereocenters. The van der Waals surface area contributed by atoms with Crippen LogP contribution in [0.2, 0.25) is 0 Å². The van der Waals surface area contributed by atoms with E-state index in [2.05, 4.69) is 49.9 Å². The number of aliphatic hydroxyl groups excluding tert-OH is 1. The van der Waals surface area contributed by atoms with Crippen LogP contribution in [-0.2, 0) is 0 Å². The Labute approximate surface area is 143 Å². The van der Waals surface area contributed by atoms with Gasteiger partial charge in [0.05, 0.1) is 0 Å². The monoisotopic (exact) mass is 329 g/mol. The van der Waals surface area contributed by atoms with Crippen LogP contribution in [0.1, 0.15) is 20.8 Å². The molecule has 124 valence electrons. The highest BCUT2D eigenvalue weighted by atomic mass is 32.2. The summed E-state index contributed by atoms with van der Waals surface area (Å²) in [6, 6.07) is 18.6. The second-order valence-electron chi connectivity index (χ2n) is 5.86. The molecule has 23 heavy (non-hydrogen) atoms. The van der Waals surface area contributed by atoms with Crippen LogP contribution in [0.15, 0.2) is 59.5 Å². The molecule has 0 spiro atoms. The van der Waals surface area contributed by atoms with Crippen molar-refractivity contribution in [2.45, 2.75) is 31.1 Å². The van der Waals surface area contributed by atoms with Crippen molar-refractivity contribution in [1.82, 2.24) is 4.90 Å². The Kier molecular flexibility index (Phi) is 7.15. The topological polar surface area (TPSA) is 23.5 Å². The van der Waals surface area contributed by atoms with Gasteiger partial charge >= 0.3 is 0 Å². The van der Waals surface area contributed by atoms with Gasteiger partial charge < -0.3 is 10.0 Å². The molecule has 2 aliphatic rings. The van der Waals surface area contributed by atoms with Gasteiger partial charge in [0, 0.05) is 17.4 Å². The lowest BCUT2D eigenvalue weighted by Gasteiger charge is -2.25. The zero-order valence-electron chi connectivity index (χ0n) is 14.3. The van der Waals surface area contributed by atoms with E-state index in [0.717, 1.165) is 24.5 Å². The third kappa shape index (κ3) is 5.38. The van der Waals surface area contributed by atoms with Crippen LogP contribution < -0.4 is 0 Å². The summed E-state index contributed by atoms with van der Waals surface area (Å²) >= 11 is 1.54. The smallest absolute Gasteiger partial charge is 0.108 e. The summed E-state index contributed by atoms with van der Waals surface area (Å²) in [6.45, 7) is 9.47. The molecule has 1 aromatic carbocycles. The minimum Gasteiger partial charge on any atom is -0.382 e. The average molecular weight is 330 g/mol. The highest BCUT2D eigenvalue weighted by Gasteiger charge is 2.17. The van der Waals surface area contributed by atoms with E-state index < -0.39 is 0 Å². The molecule has 2 nitrogen and oxygen atoms in total. The molecule has 0 saturated carbocycles. The van der Waals surface area contributed by atoms with E-state index >= 15 is 0 Å². The molecule has 0 aromatic heterocycles. The summed E-state index contributed by atoms with van der Waals surface area (Å²) in [6.07, 6.45) is 0. The third-order valence-electron chi connectivity index (χ3n) is 4.15. The summed E-state index contributed by atoms with van der Waals surface area (Å²) in [5, 5.41) is 13.0. The Balaban J connectivity index is 0.000000260. The Hall–Kier alpha value is -1.29. The lowest BCUT2D eigenvalue weighted by molar-refractivity contribution is 0.157. The van der Waals surface area contributed by atoms with Crippen molar-refractivity contribution in [2.75, 3.05) is 19.6 Å². The summed E-state index contributed by atoms with van der Waals surface area (Å²) in [7, 11) is 0. The van der Waals surface area contributed by atoms with E-state index in [-0.39, 0.29) is 11.4 Å². The molecule has 3 rings (SSSR count). The van der Waals surface area contributed by atoms with Crippen molar-refractivity contribution in [3.63, 3.8) is 0 Å². The molecule has 2 atom stereocenters. The Morgan fingerprint density at radius 1 is 0.913 bits per heavy atom. The third-order valence-corrected chi connectivity index (χ3v) is 5.40. The second kappa shape index (κ2) is 9.11. The van der Waals surface area contributed by atoms with E-state index in [4.69, 9.17) is 0 Å². The number of aliphatic hydroxyl groups is 1. The van der Waals surface area contributed by atoms with Gasteiger partial charge in [0.2, 0.25) is 0 Å². The Morgan fingerprint density at radius 3 is 1.83 bits per heavy atom. The molecule has 3 heteroatoms. The van der Waals surface area contributed by atoms with E-state index in [1.54, 1.807) is 11.8 Å². The summed E-state index contributed by atoms with van der Waals surface area (Å²) in [5.41, 5.74) is -0.335. The highest BCUT2D eigenvalue weighted by molar-refractivity contribution is 7.99. The molecule has 0 aliphatic heterocycles. The molecule has 1 N–H and O–H groups in total. The molecule has 0 bridgehead atoms. The van der Waals surface area contributed by atoms with Crippen LogP contribution >= 0.6 is 11.8 Å². The maximum absolute atomic E-state index is 10.1. The van der Waals surface area contributed by atoms with Gasteiger partial charge in [-0.1, -0.05) is 75.0 Å². The normalized spacial score (nSPS) is 14.0. The molecule has 0 heterocycles. The largest absolute Gasteiger partial charge is 0.382 e. The van der Waals surface area contributed by atoms with Gasteiger partial charge in [-0.05, 0) is 35.7 Å². The maximum atomic E-state index is 10.1. The summed E-state index contributed by atoms with van der Waals surface area (Å²) in [5.74, 6) is 0.278. The first-order chi connectivity index (χ1) is 11.1. The predicted molar refractivity (Wildman–Crippen MR) is 99.4 cm³/mol. The minimum atomic E-state index is -0.335. The van der Waals surface area contributed by atoms with Crippen molar-refractivity contribution >= 4 is 11.8 Å². The van der Waals surface area contributed by atoms with E-state index in [1.807, 2.05) is 30.3 Å². The van der Waals surface area contributed by atoms with E-state index in [0.29, 0.717) is 0 Å². The van der Waals surface area contributed by atoms with Gasteiger partial charge in [-0.25, -0.2) is 0 Å². The van der Waals surface area contributed by atoms with Crippen LogP contribution in [0.4, 0.5) is 0 Å². The van der Waals surface area contributed by atoms with E-state index in [9.17, 15) is 5.11 Å². The minimum absolute atomic E-state index is 0.278. The predicted octanol–water partition coefficient (Wildman–Crippen LogP) is 4.36.